The van der Waals surface area contributed by atoms with Crippen molar-refractivity contribution in [2.75, 3.05) is 6.61 Å². The maximum Gasteiger partial charge on any atom is 0.540 e. The largest absolute Gasteiger partial charge is 0.540 e. The molecule has 94 valence electrons. The first-order valence-electron chi connectivity index (χ1n) is 4.76. The van der Waals surface area contributed by atoms with E-state index in [0.29, 0.717) is 6.21 Å². The van der Waals surface area contributed by atoms with Crippen LogP contribution in [-0.2, 0) is 9.09 Å². The lowest BCUT2D eigenvalue weighted by molar-refractivity contribution is -0.0450. The van der Waals surface area contributed by atoms with E-state index in [2.05, 4.69) is 4.52 Å². The van der Waals surface area contributed by atoms with E-state index in [4.69, 9.17) is 10.5 Å². The predicted octanol–water partition coefficient (Wildman–Crippen LogP) is -0.794. The van der Waals surface area contributed by atoms with Crippen LogP contribution in [0, 0.1) is 5.41 Å². The molecule has 0 rings (SSSR count). The van der Waals surface area contributed by atoms with E-state index in [9.17, 15) is 19.9 Å². The summed E-state index contributed by atoms with van der Waals surface area (Å²) in [5.74, 6) is -1.42. The van der Waals surface area contributed by atoms with Crippen LogP contribution in [0.2, 0.25) is 0 Å². The van der Waals surface area contributed by atoms with Crippen molar-refractivity contribution in [2.24, 2.45) is 0 Å². The molecule has 0 saturated heterocycles. The van der Waals surface area contributed by atoms with Gasteiger partial charge < -0.3 is 25.8 Å². The van der Waals surface area contributed by atoms with Crippen molar-refractivity contribution in [2.45, 2.75) is 37.5 Å². The van der Waals surface area contributed by atoms with Gasteiger partial charge in [-0.1, -0.05) is 0 Å². The zero-order chi connectivity index (χ0) is 12.7. The fourth-order valence-corrected chi connectivity index (χ4v) is 1.80. The van der Waals surface area contributed by atoms with Crippen LogP contribution < -0.4 is 0 Å². The molecule has 5 N–H and O–H groups in total. The van der Waals surface area contributed by atoms with Gasteiger partial charge in [0.2, 0.25) is 0 Å². The second kappa shape index (κ2) is 7.78. The molecule has 0 aliphatic heterocycles. The first-order chi connectivity index (χ1) is 7.43. The minimum absolute atomic E-state index is 0.161. The Morgan fingerprint density at radius 3 is 2.38 bits per heavy atom. The van der Waals surface area contributed by atoms with E-state index >= 15 is 0 Å². The standard InChI is InChI=1S/C8H17NO6P/c1-2-15-16(14)7(12)3-5(10)8(13)6(11)4-9/h4-13H,2-3H2,1H3/q+1/t5-,6+,7?,8-/m1/s1. The Bertz CT molecular complexity index is 239. The fraction of sp³-hybridized carbons (Fsp3) is 0.875. The van der Waals surface area contributed by atoms with Crippen molar-refractivity contribution in [1.82, 2.24) is 0 Å². The van der Waals surface area contributed by atoms with E-state index in [1.54, 1.807) is 6.92 Å². The molecule has 0 fully saturated rings. The van der Waals surface area contributed by atoms with Gasteiger partial charge in [-0.25, -0.2) is 0 Å². The zero-order valence-corrected chi connectivity index (χ0v) is 9.75. The lowest BCUT2D eigenvalue weighted by Crippen LogP contribution is -2.39. The van der Waals surface area contributed by atoms with Crippen molar-refractivity contribution in [3.63, 3.8) is 0 Å². The highest BCUT2D eigenvalue weighted by atomic mass is 31.1. The molecule has 5 atom stereocenters. The van der Waals surface area contributed by atoms with Gasteiger partial charge in [-0.15, -0.1) is 4.52 Å². The SMILES string of the molecule is CCO[P+](=O)C(O)C[C@@H](O)[C@@H](O)[C@@H](O)C=N. The molecule has 0 amide bonds. The van der Waals surface area contributed by atoms with Gasteiger partial charge >= 0.3 is 8.03 Å². The van der Waals surface area contributed by atoms with E-state index in [-0.39, 0.29) is 6.61 Å². The number of hydrogen-bond acceptors (Lipinski definition) is 7. The summed E-state index contributed by atoms with van der Waals surface area (Å²) < 4.78 is 15.7. The quantitative estimate of drug-likeness (QED) is 0.285. The Morgan fingerprint density at radius 2 is 1.94 bits per heavy atom. The number of hydrogen-bond donors (Lipinski definition) is 5. The first kappa shape index (κ1) is 15.6. The second-order valence-corrected chi connectivity index (χ2v) is 4.56. The topological polar surface area (TPSA) is 131 Å². The molecule has 16 heavy (non-hydrogen) atoms. The third-order valence-electron chi connectivity index (χ3n) is 1.87. The smallest absolute Gasteiger partial charge is 0.390 e. The maximum absolute atomic E-state index is 11.1. The number of rotatable bonds is 8. The van der Waals surface area contributed by atoms with Crippen LogP contribution in [0.25, 0.3) is 0 Å². The average Bonchev–Trinajstić information content (AvgIpc) is 2.26. The van der Waals surface area contributed by atoms with Crippen molar-refractivity contribution in [3.8, 4) is 0 Å². The minimum atomic E-state index is -2.33. The van der Waals surface area contributed by atoms with Crippen LogP contribution in [0.4, 0.5) is 0 Å². The molecule has 0 aromatic heterocycles. The molecule has 0 aromatic rings. The van der Waals surface area contributed by atoms with Gasteiger partial charge in [-0.05, 0) is 11.5 Å². The van der Waals surface area contributed by atoms with Gasteiger partial charge in [0.25, 0.3) is 5.85 Å². The monoisotopic (exact) mass is 254 g/mol. The van der Waals surface area contributed by atoms with Crippen LogP contribution in [0.1, 0.15) is 13.3 Å². The van der Waals surface area contributed by atoms with Crippen molar-refractivity contribution < 1.29 is 29.5 Å². The highest BCUT2D eigenvalue weighted by molar-refractivity contribution is 7.39. The number of aliphatic hydroxyl groups excluding tert-OH is 4. The molecule has 8 heteroatoms. The summed E-state index contributed by atoms with van der Waals surface area (Å²) in [6.45, 7) is 1.76. The Labute approximate surface area is 94.1 Å². The summed E-state index contributed by atoms with van der Waals surface area (Å²) in [5.41, 5.74) is 0. The predicted molar refractivity (Wildman–Crippen MR) is 56.7 cm³/mol. The van der Waals surface area contributed by atoms with Crippen LogP contribution >= 0.6 is 8.03 Å². The molecule has 0 heterocycles. The van der Waals surface area contributed by atoms with Crippen LogP contribution in [0.5, 0.6) is 0 Å². The summed E-state index contributed by atoms with van der Waals surface area (Å²) in [5, 5.41) is 43.6. The molecule has 7 nitrogen and oxygen atoms in total. The lowest BCUT2D eigenvalue weighted by atomic mass is 10.1. The van der Waals surface area contributed by atoms with E-state index < -0.39 is 38.6 Å². The zero-order valence-electron chi connectivity index (χ0n) is 8.85. The van der Waals surface area contributed by atoms with Crippen molar-refractivity contribution in [1.29, 1.82) is 5.41 Å². The molecule has 0 bridgehead atoms. The molecule has 2 unspecified atom stereocenters. The Hall–Kier alpha value is -0.430. The minimum Gasteiger partial charge on any atom is -0.390 e. The number of nitrogens with one attached hydrogen (secondary N) is 1. The maximum atomic E-state index is 11.1. The van der Waals surface area contributed by atoms with Crippen LogP contribution in [0.15, 0.2) is 0 Å². The molecular formula is C8H17NO6P+. The highest BCUT2D eigenvalue weighted by Gasteiger charge is 2.35. The molecular weight excluding hydrogens is 237 g/mol. The van der Waals surface area contributed by atoms with Gasteiger partial charge in [0.15, 0.2) is 0 Å². The molecule has 0 aromatic carbocycles. The van der Waals surface area contributed by atoms with Gasteiger partial charge in [0.05, 0.1) is 19.1 Å². The lowest BCUT2D eigenvalue weighted by Gasteiger charge is -2.19. The van der Waals surface area contributed by atoms with Crippen LogP contribution in [-0.4, -0.2) is 57.4 Å². The van der Waals surface area contributed by atoms with Crippen LogP contribution in [0.3, 0.4) is 0 Å². The van der Waals surface area contributed by atoms with E-state index in [0.717, 1.165) is 0 Å². The highest BCUT2D eigenvalue weighted by Crippen LogP contribution is 2.30. The third-order valence-corrected chi connectivity index (χ3v) is 3.08. The van der Waals surface area contributed by atoms with Gasteiger partial charge in [0.1, 0.15) is 12.2 Å². The summed E-state index contributed by atoms with van der Waals surface area (Å²) in [7, 11) is -2.33. The van der Waals surface area contributed by atoms with E-state index in [1.807, 2.05) is 0 Å². The van der Waals surface area contributed by atoms with Crippen molar-refractivity contribution >= 4 is 14.2 Å². The van der Waals surface area contributed by atoms with E-state index in [1.165, 1.54) is 0 Å². The fourth-order valence-electron chi connectivity index (χ4n) is 0.981. The molecule has 0 spiro atoms. The summed E-state index contributed by atoms with van der Waals surface area (Å²) in [4.78, 5) is 0. The summed E-state index contributed by atoms with van der Waals surface area (Å²) in [6.07, 6.45) is -4.44. The van der Waals surface area contributed by atoms with Crippen molar-refractivity contribution in [3.05, 3.63) is 0 Å². The third kappa shape index (κ3) is 5.07. The summed E-state index contributed by atoms with van der Waals surface area (Å²) >= 11 is 0. The molecule has 0 aliphatic rings. The number of aliphatic hydroxyl groups is 4. The molecule has 0 saturated carbocycles. The first-order valence-corrected chi connectivity index (χ1v) is 6.00. The van der Waals surface area contributed by atoms with Gasteiger partial charge in [-0.2, -0.15) is 0 Å². The summed E-state index contributed by atoms with van der Waals surface area (Å²) in [6, 6.07) is 0. The van der Waals surface area contributed by atoms with Gasteiger partial charge in [0, 0.05) is 6.21 Å². The average molecular weight is 254 g/mol. The normalized spacial score (nSPS) is 19.7. The Kier molecular flexibility index (Phi) is 7.57. The van der Waals surface area contributed by atoms with Gasteiger partial charge in [-0.3, -0.25) is 0 Å². The Balaban J connectivity index is 4.17. The second-order valence-electron chi connectivity index (χ2n) is 3.13. The molecule has 0 aliphatic carbocycles. The molecule has 0 radical (unpaired) electrons. The Morgan fingerprint density at radius 1 is 1.38 bits per heavy atom.